The Morgan fingerprint density at radius 2 is 2.10 bits per heavy atom. The van der Waals surface area contributed by atoms with E-state index in [0.29, 0.717) is 12.5 Å². The number of nitrogens with one attached hydrogen (secondary N) is 1. The van der Waals surface area contributed by atoms with Gasteiger partial charge in [-0.15, -0.1) is 0 Å². The lowest BCUT2D eigenvalue weighted by molar-refractivity contribution is 0.199. The van der Waals surface area contributed by atoms with Crippen molar-refractivity contribution in [3.63, 3.8) is 0 Å². The number of aryl methyl sites for hydroxylation is 1. The van der Waals surface area contributed by atoms with E-state index in [9.17, 15) is 0 Å². The summed E-state index contributed by atoms with van der Waals surface area (Å²) in [5.41, 5.74) is 2.29. The number of benzene rings is 1. The van der Waals surface area contributed by atoms with Crippen LogP contribution in [0.5, 0.6) is 11.6 Å². The van der Waals surface area contributed by atoms with Crippen molar-refractivity contribution in [1.29, 1.82) is 0 Å². The van der Waals surface area contributed by atoms with Crippen molar-refractivity contribution in [3.8, 4) is 11.6 Å². The third-order valence-electron chi connectivity index (χ3n) is 2.82. The molecule has 0 bridgehead atoms. The highest BCUT2D eigenvalue weighted by molar-refractivity contribution is 5.31. The molecule has 0 aliphatic rings. The van der Waals surface area contributed by atoms with Gasteiger partial charge in [0.1, 0.15) is 5.75 Å². The Labute approximate surface area is 119 Å². The van der Waals surface area contributed by atoms with Gasteiger partial charge in [-0.3, -0.25) is 0 Å². The predicted molar refractivity (Wildman–Crippen MR) is 79.1 cm³/mol. The van der Waals surface area contributed by atoms with Gasteiger partial charge in [0.05, 0.1) is 6.61 Å². The van der Waals surface area contributed by atoms with E-state index in [0.717, 1.165) is 24.4 Å². The van der Waals surface area contributed by atoms with E-state index in [-0.39, 0.29) is 0 Å². The fourth-order valence-corrected chi connectivity index (χ4v) is 1.78. The Morgan fingerprint density at radius 1 is 1.20 bits per heavy atom. The average Bonchev–Trinajstić information content (AvgIpc) is 2.45. The molecular formula is C16H20N2O2. The summed E-state index contributed by atoms with van der Waals surface area (Å²) in [6, 6.07) is 11.8. The molecule has 2 aromatic rings. The topological polar surface area (TPSA) is 43.4 Å². The van der Waals surface area contributed by atoms with Crippen molar-refractivity contribution in [3.05, 3.63) is 53.7 Å². The Kier molecular flexibility index (Phi) is 5.53. The van der Waals surface area contributed by atoms with Gasteiger partial charge in [-0.1, -0.05) is 18.2 Å². The maximum absolute atomic E-state index is 5.71. The highest BCUT2D eigenvalue weighted by Crippen LogP contribution is 2.20. The van der Waals surface area contributed by atoms with Gasteiger partial charge in [0, 0.05) is 32.5 Å². The number of rotatable bonds is 7. The van der Waals surface area contributed by atoms with Crippen molar-refractivity contribution >= 4 is 0 Å². The molecule has 0 aliphatic carbocycles. The SMILES string of the molecule is COCCNCc1ccc(Oc2cccc(C)c2)nc1. The van der Waals surface area contributed by atoms with Crippen molar-refractivity contribution < 1.29 is 9.47 Å². The zero-order valence-electron chi connectivity index (χ0n) is 11.9. The third kappa shape index (κ3) is 4.64. The molecule has 1 heterocycles. The summed E-state index contributed by atoms with van der Waals surface area (Å²) in [5.74, 6) is 1.42. The first-order chi connectivity index (χ1) is 9.78. The fraction of sp³-hybridized carbons (Fsp3) is 0.312. The largest absolute Gasteiger partial charge is 0.439 e. The zero-order chi connectivity index (χ0) is 14.2. The zero-order valence-corrected chi connectivity index (χ0v) is 11.9. The number of nitrogens with zero attached hydrogens (tertiary/aromatic N) is 1. The minimum Gasteiger partial charge on any atom is -0.439 e. The maximum atomic E-state index is 5.71. The summed E-state index contributed by atoms with van der Waals surface area (Å²) < 4.78 is 10.7. The van der Waals surface area contributed by atoms with Gasteiger partial charge < -0.3 is 14.8 Å². The van der Waals surface area contributed by atoms with E-state index < -0.39 is 0 Å². The number of ether oxygens (including phenoxy) is 2. The highest BCUT2D eigenvalue weighted by atomic mass is 16.5. The van der Waals surface area contributed by atoms with Gasteiger partial charge >= 0.3 is 0 Å². The number of aromatic nitrogens is 1. The minimum absolute atomic E-state index is 0.608. The van der Waals surface area contributed by atoms with E-state index in [1.165, 1.54) is 5.56 Å². The van der Waals surface area contributed by atoms with E-state index in [4.69, 9.17) is 9.47 Å². The monoisotopic (exact) mass is 272 g/mol. The summed E-state index contributed by atoms with van der Waals surface area (Å²) in [6.07, 6.45) is 1.82. The molecule has 20 heavy (non-hydrogen) atoms. The molecule has 0 spiro atoms. The van der Waals surface area contributed by atoms with Crippen LogP contribution >= 0.6 is 0 Å². The normalized spacial score (nSPS) is 10.5. The van der Waals surface area contributed by atoms with Crippen molar-refractivity contribution in [2.45, 2.75) is 13.5 Å². The van der Waals surface area contributed by atoms with Crippen LogP contribution in [0.1, 0.15) is 11.1 Å². The molecule has 1 aromatic carbocycles. The highest BCUT2D eigenvalue weighted by Gasteiger charge is 1.99. The van der Waals surface area contributed by atoms with Crippen LogP contribution in [0.2, 0.25) is 0 Å². The van der Waals surface area contributed by atoms with Gasteiger partial charge in [-0.25, -0.2) is 4.98 Å². The number of methoxy groups -OCH3 is 1. The first-order valence-electron chi connectivity index (χ1n) is 6.67. The van der Waals surface area contributed by atoms with Gasteiger partial charge in [-0.05, 0) is 30.2 Å². The lowest BCUT2D eigenvalue weighted by Crippen LogP contribution is -2.18. The van der Waals surface area contributed by atoms with Gasteiger partial charge in [-0.2, -0.15) is 0 Å². The summed E-state index contributed by atoms with van der Waals surface area (Å²) in [4.78, 5) is 4.31. The van der Waals surface area contributed by atoms with E-state index in [1.807, 2.05) is 49.5 Å². The summed E-state index contributed by atoms with van der Waals surface area (Å²) in [7, 11) is 1.70. The van der Waals surface area contributed by atoms with Crippen LogP contribution < -0.4 is 10.1 Å². The molecule has 1 aromatic heterocycles. The maximum Gasteiger partial charge on any atom is 0.219 e. The van der Waals surface area contributed by atoms with Crippen LogP contribution in [0.25, 0.3) is 0 Å². The number of hydrogen-bond acceptors (Lipinski definition) is 4. The summed E-state index contributed by atoms with van der Waals surface area (Å²) >= 11 is 0. The van der Waals surface area contributed by atoms with Crippen LogP contribution in [0.15, 0.2) is 42.6 Å². The molecule has 0 radical (unpaired) electrons. The van der Waals surface area contributed by atoms with Gasteiger partial charge in [0.15, 0.2) is 0 Å². The first kappa shape index (κ1) is 14.5. The summed E-state index contributed by atoms with van der Waals surface area (Å²) in [6.45, 7) is 4.36. The molecule has 0 saturated carbocycles. The third-order valence-corrected chi connectivity index (χ3v) is 2.82. The van der Waals surface area contributed by atoms with Gasteiger partial charge in [0.25, 0.3) is 0 Å². The molecule has 0 saturated heterocycles. The predicted octanol–water partition coefficient (Wildman–Crippen LogP) is 2.92. The van der Waals surface area contributed by atoms with Crippen LogP contribution in [-0.4, -0.2) is 25.2 Å². The molecule has 2 rings (SSSR count). The molecule has 4 nitrogen and oxygen atoms in total. The second-order valence-corrected chi connectivity index (χ2v) is 4.59. The molecule has 1 N–H and O–H groups in total. The van der Waals surface area contributed by atoms with E-state index >= 15 is 0 Å². The standard InChI is InChI=1S/C16H20N2O2/c1-13-4-3-5-15(10-13)20-16-7-6-14(12-18-16)11-17-8-9-19-2/h3-7,10,12,17H,8-9,11H2,1-2H3. The number of hydrogen-bond donors (Lipinski definition) is 1. The molecule has 4 heteroatoms. The van der Waals surface area contributed by atoms with Crippen LogP contribution in [0, 0.1) is 6.92 Å². The fourth-order valence-electron chi connectivity index (χ4n) is 1.78. The van der Waals surface area contributed by atoms with Crippen molar-refractivity contribution in [2.75, 3.05) is 20.3 Å². The second kappa shape index (κ2) is 7.62. The Bertz CT molecular complexity index is 526. The quantitative estimate of drug-likeness (QED) is 0.787. The molecule has 0 fully saturated rings. The van der Waals surface area contributed by atoms with Crippen LogP contribution in [0.3, 0.4) is 0 Å². The van der Waals surface area contributed by atoms with Gasteiger partial charge in [0.2, 0.25) is 5.88 Å². The molecule has 0 atom stereocenters. The van der Waals surface area contributed by atoms with Crippen molar-refractivity contribution in [1.82, 2.24) is 10.3 Å². The lowest BCUT2D eigenvalue weighted by Gasteiger charge is -2.07. The summed E-state index contributed by atoms with van der Waals surface area (Å²) in [5, 5.41) is 3.27. The molecule has 0 unspecified atom stereocenters. The first-order valence-corrected chi connectivity index (χ1v) is 6.67. The Balaban J connectivity index is 1.88. The van der Waals surface area contributed by atoms with Crippen LogP contribution in [-0.2, 0) is 11.3 Å². The molecule has 0 amide bonds. The average molecular weight is 272 g/mol. The Morgan fingerprint density at radius 3 is 2.80 bits per heavy atom. The Hall–Kier alpha value is -1.91. The molecule has 0 aliphatic heterocycles. The molecule has 106 valence electrons. The van der Waals surface area contributed by atoms with E-state index in [2.05, 4.69) is 10.3 Å². The smallest absolute Gasteiger partial charge is 0.219 e. The second-order valence-electron chi connectivity index (χ2n) is 4.59. The number of pyridine rings is 1. The van der Waals surface area contributed by atoms with Crippen LogP contribution in [0.4, 0.5) is 0 Å². The van der Waals surface area contributed by atoms with Crippen molar-refractivity contribution in [2.24, 2.45) is 0 Å². The minimum atomic E-state index is 0.608. The lowest BCUT2D eigenvalue weighted by atomic mass is 10.2. The molecular weight excluding hydrogens is 252 g/mol. The van der Waals surface area contributed by atoms with E-state index in [1.54, 1.807) is 7.11 Å².